The number of hydrogen-bond acceptors (Lipinski definition) is 4. The smallest absolute Gasteiger partial charge is 0.225 e. The van der Waals surface area contributed by atoms with Gasteiger partial charge in [0, 0.05) is 17.9 Å². The van der Waals surface area contributed by atoms with E-state index < -0.39 is 0 Å². The summed E-state index contributed by atoms with van der Waals surface area (Å²) in [4.78, 5) is 16.5. The molecule has 1 amide bonds. The number of anilines is 1. The minimum absolute atomic E-state index is 0.118. The molecule has 0 aliphatic rings. The lowest BCUT2D eigenvalue weighted by atomic mass is 10.2. The maximum atomic E-state index is 13.2. The molecule has 0 saturated carbocycles. The monoisotopic (exact) mass is 346 g/mol. The number of amides is 1. The molecule has 0 aliphatic heterocycles. The number of para-hydroxylation sites is 1. The van der Waals surface area contributed by atoms with E-state index in [0.717, 1.165) is 20.1 Å². The Hall–Kier alpha value is -1.92. The number of nitrogens with zero attached hydrogens (tertiary/aromatic N) is 1. The molecule has 3 aromatic rings. The van der Waals surface area contributed by atoms with Gasteiger partial charge in [0.05, 0.1) is 10.2 Å². The number of thiazole rings is 1. The molecule has 0 spiro atoms. The number of hydrogen-bond donors (Lipinski definition) is 1. The zero-order valence-corrected chi connectivity index (χ0v) is 14.1. The molecule has 0 bridgehead atoms. The van der Waals surface area contributed by atoms with Gasteiger partial charge < -0.3 is 5.32 Å². The molecule has 0 atom stereocenters. The van der Waals surface area contributed by atoms with Gasteiger partial charge in [-0.25, -0.2) is 9.37 Å². The highest BCUT2D eigenvalue weighted by Crippen LogP contribution is 2.29. The van der Waals surface area contributed by atoms with Crippen molar-refractivity contribution in [3.63, 3.8) is 0 Å². The van der Waals surface area contributed by atoms with Gasteiger partial charge in [0.15, 0.2) is 4.34 Å². The van der Waals surface area contributed by atoms with Crippen LogP contribution >= 0.6 is 23.1 Å². The van der Waals surface area contributed by atoms with Crippen LogP contribution in [0.4, 0.5) is 10.1 Å². The minimum atomic E-state index is -0.352. The quantitative estimate of drug-likeness (QED) is 0.671. The van der Waals surface area contributed by atoms with Crippen molar-refractivity contribution in [3.05, 3.63) is 53.8 Å². The van der Waals surface area contributed by atoms with Gasteiger partial charge in [-0.05, 0) is 36.8 Å². The molecule has 1 heterocycles. The van der Waals surface area contributed by atoms with E-state index in [2.05, 4.69) is 10.3 Å². The highest BCUT2D eigenvalue weighted by atomic mass is 32.2. The number of halogens is 1. The van der Waals surface area contributed by atoms with Gasteiger partial charge in [0.25, 0.3) is 0 Å². The highest BCUT2D eigenvalue weighted by molar-refractivity contribution is 8.01. The number of aryl methyl sites for hydroxylation is 1. The van der Waals surface area contributed by atoms with Crippen LogP contribution in [0.5, 0.6) is 0 Å². The molecule has 1 aromatic heterocycles. The SMILES string of the molecule is Cc1ccc(F)cc1NC(=O)CCSc1nc2ccccc2s1. The first-order chi connectivity index (χ1) is 11.1. The second-order valence-corrected chi connectivity index (χ2v) is 7.43. The zero-order chi connectivity index (χ0) is 16.2. The Labute approximate surface area is 141 Å². The van der Waals surface area contributed by atoms with Crippen LogP contribution in [0.3, 0.4) is 0 Å². The van der Waals surface area contributed by atoms with E-state index in [0.29, 0.717) is 17.9 Å². The Morgan fingerprint density at radius 2 is 2.13 bits per heavy atom. The van der Waals surface area contributed by atoms with Crippen molar-refractivity contribution in [1.29, 1.82) is 0 Å². The van der Waals surface area contributed by atoms with E-state index in [1.165, 1.54) is 12.1 Å². The van der Waals surface area contributed by atoms with E-state index in [1.807, 2.05) is 31.2 Å². The van der Waals surface area contributed by atoms with Crippen LogP contribution in [0.2, 0.25) is 0 Å². The molecule has 0 radical (unpaired) electrons. The molecule has 0 aliphatic carbocycles. The van der Waals surface area contributed by atoms with Gasteiger partial charge in [0.2, 0.25) is 5.91 Å². The summed E-state index contributed by atoms with van der Waals surface area (Å²) in [5, 5.41) is 2.75. The topological polar surface area (TPSA) is 42.0 Å². The first-order valence-electron chi connectivity index (χ1n) is 7.16. The molecule has 1 N–H and O–H groups in total. The Morgan fingerprint density at radius 3 is 2.96 bits per heavy atom. The summed E-state index contributed by atoms with van der Waals surface area (Å²) in [6.45, 7) is 1.84. The van der Waals surface area contributed by atoms with Crippen molar-refractivity contribution in [2.45, 2.75) is 17.7 Å². The second kappa shape index (κ2) is 7.10. The van der Waals surface area contributed by atoms with Crippen LogP contribution in [0.25, 0.3) is 10.2 Å². The number of rotatable bonds is 5. The summed E-state index contributed by atoms with van der Waals surface area (Å²) in [6, 6.07) is 12.4. The summed E-state index contributed by atoms with van der Waals surface area (Å²) in [5.41, 5.74) is 2.36. The normalized spacial score (nSPS) is 10.9. The van der Waals surface area contributed by atoms with Gasteiger partial charge in [-0.2, -0.15) is 0 Å². The maximum absolute atomic E-state index is 13.2. The number of benzene rings is 2. The first kappa shape index (κ1) is 16.0. The third-order valence-corrected chi connectivity index (χ3v) is 5.48. The van der Waals surface area contributed by atoms with Crippen LogP contribution in [0, 0.1) is 12.7 Å². The van der Waals surface area contributed by atoms with Crippen molar-refractivity contribution >= 4 is 44.9 Å². The van der Waals surface area contributed by atoms with Crippen LogP contribution in [-0.4, -0.2) is 16.6 Å². The third kappa shape index (κ3) is 4.09. The van der Waals surface area contributed by atoms with Gasteiger partial charge in [-0.15, -0.1) is 11.3 Å². The van der Waals surface area contributed by atoms with Gasteiger partial charge in [-0.3, -0.25) is 4.79 Å². The lowest BCUT2D eigenvalue weighted by Gasteiger charge is -2.08. The number of carbonyl (C=O) groups is 1. The lowest BCUT2D eigenvalue weighted by molar-refractivity contribution is -0.115. The number of fused-ring (bicyclic) bond motifs is 1. The van der Waals surface area contributed by atoms with Crippen LogP contribution in [0.15, 0.2) is 46.8 Å². The van der Waals surface area contributed by atoms with Crippen molar-refractivity contribution < 1.29 is 9.18 Å². The van der Waals surface area contributed by atoms with Crippen molar-refractivity contribution in [2.75, 3.05) is 11.1 Å². The van der Waals surface area contributed by atoms with E-state index in [-0.39, 0.29) is 11.7 Å². The maximum Gasteiger partial charge on any atom is 0.225 e. The summed E-state index contributed by atoms with van der Waals surface area (Å²) >= 11 is 3.19. The van der Waals surface area contributed by atoms with Crippen LogP contribution in [-0.2, 0) is 4.79 Å². The van der Waals surface area contributed by atoms with Crippen LogP contribution < -0.4 is 5.32 Å². The van der Waals surface area contributed by atoms with Crippen molar-refractivity contribution in [3.8, 4) is 0 Å². The molecule has 0 unspecified atom stereocenters. The Morgan fingerprint density at radius 1 is 1.30 bits per heavy atom. The summed E-state index contributed by atoms with van der Waals surface area (Å²) < 4.78 is 15.3. The van der Waals surface area contributed by atoms with Crippen molar-refractivity contribution in [2.24, 2.45) is 0 Å². The summed E-state index contributed by atoms with van der Waals surface area (Å²) in [6.07, 6.45) is 0.358. The first-order valence-corrected chi connectivity index (χ1v) is 8.96. The standard InChI is InChI=1S/C17H15FN2OS2/c1-11-6-7-12(18)10-14(11)19-16(21)8-9-22-17-20-13-4-2-3-5-15(13)23-17/h2-7,10H,8-9H2,1H3,(H,19,21). The van der Waals surface area contributed by atoms with Crippen LogP contribution in [0.1, 0.15) is 12.0 Å². The van der Waals surface area contributed by atoms with E-state index in [1.54, 1.807) is 29.2 Å². The average molecular weight is 346 g/mol. The molecule has 0 saturated heterocycles. The molecular weight excluding hydrogens is 331 g/mol. The Bertz CT molecular complexity index is 814. The third-order valence-electron chi connectivity index (χ3n) is 3.30. The van der Waals surface area contributed by atoms with Gasteiger partial charge in [-0.1, -0.05) is 30.0 Å². The number of thioether (sulfide) groups is 1. The Kier molecular flexibility index (Phi) is 4.93. The zero-order valence-electron chi connectivity index (χ0n) is 12.5. The van der Waals surface area contributed by atoms with E-state index >= 15 is 0 Å². The molecule has 2 aromatic carbocycles. The fourth-order valence-electron chi connectivity index (χ4n) is 2.09. The molecule has 23 heavy (non-hydrogen) atoms. The summed E-state index contributed by atoms with van der Waals surface area (Å²) in [5.74, 6) is 0.169. The number of carbonyl (C=O) groups excluding carboxylic acids is 1. The fraction of sp³-hybridized carbons (Fsp3) is 0.176. The molecule has 0 fully saturated rings. The van der Waals surface area contributed by atoms with E-state index in [4.69, 9.17) is 0 Å². The molecule has 6 heteroatoms. The number of nitrogens with one attached hydrogen (secondary N) is 1. The second-order valence-electron chi connectivity index (χ2n) is 5.05. The predicted molar refractivity (Wildman–Crippen MR) is 94.7 cm³/mol. The van der Waals surface area contributed by atoms with Gasteiger partial charge in [0.1, 0.15) is 5.82 Å². The predicted octanol–water partition coefficient (Wildman–Crippen LogP) is 4.86. The molecule has 3 rings (SSSR count). The van der Waals surface area contributed by atoms with Gasteiger partial charge >= 0.3 is 0 Å². The lowest BCUT2D eigenvalue weighted by Crippen LogP contribution is -2.13. The molecular formula is C17H15FN2OS2. The minimum Gasteiger partial charge on any atom is -0.326 e. The summed E-state index contributed by atoms with van der Waals surface area (Å²) in [7, 11) is 0. The largest absolute Gasteiger partial charge is 0.326 e. The van der Waals surface area contributed by atoms with Crippen molar-refractivity contribution in [1.82, 2.24) is 4.98 Å². The average Bonchev–Trinajstić information content (AvgIpc) is 2.93. The Balaban J connectivity index is 1.53. The van der Waals surface area contributed by atoms with E-state index in [9.17, 15) is 9.18 Å². The number of aromatic nitrogens is 1. The fourth-order valence-corrected chi connectivity index (χ4v) is 4.16. The molecule has 3 nitrogen and oxygen atoms in total. The molecule has 118 valence electrons. The highest BCUT2D eigenvalue weighted by Gasteiger charge is 2.08.